The quantitative estimate of drug-likeness (QED) is 0.622. The zero-order valence-electron chi connectivity index (χ0n) is 16.7. The molecule has 0 spiro atoms. The Morgan fingerprint density at radius 2 is 1.83 bits per heavy atom. The highest BCUT2D eigenvalue weighted by Gasteiger charge is 2.19. The van der Waals surface area contributed by atoms with E-state index in [2.05, 4.69) is 14.9 Å². The normalized spacial score (nSPS) is 11.6. The Morgan fingerprint density at radius 1 is 1.07 bits per heavy atom. The molecule has 0 unspecified atom stereocenters. The van der Waals surface area contributed by atoms with Crippen molar-refractivity contribution in [1.82, 2.24) is 24.3 Å². The molecular weight excluding hydrogens is 394 g/mol. The SMILES string of the molecule is COc1ccc(C)cc1S(=O)(=O)NCCn1nc(-n2nc(C)cc2C)ccc1=O. The standard InChI is InChI=1S/C19H23N5O4S/c1-13-5-6-16(28-4)17(11-13)29(26,27)20-9-10-23-19(25)8-7-18(22-23)24-15(3)12-14(2)21-24/h5-8,11-12,20H,9-10H2,1-4H3. The molecule has 29 heavy (non-hydrogen) atoms. The highest BCUT2D eigenvalue weighted by molar-refractivity contribution is 7.89. The van der Waals surface area contributed by atoms with Crippen molar-refractivity contribution in [2.75, 3.05) is 13.7 Å². The number of sulfonamides is 1. The number of nitrogens with zero attached hydrogens (tertiary/aromatic N) is 4. The smallest absolute Gasteiger partial charge is 0.266 e. The third-order valence-electron chi connectivity index (χ3n) is 4.30. The number of hydrogen-bond donors (Lipinski definition) is 1. The van der Waals surface area contributed by atoms with Gasteiger partial charge in [-0.3, -0.25) is 4.79 Å². The summed E-state index contributed by atoms with van der Waals surface area (Å²) >= 11 is 0. The molecule has 2 heterocycles. The van der Waals surface area contributed by atoms with Crippen LogP contribution in [0.5, 0.6) is 5.75 Å². The van der Waals surface area contributed by atoms with Gasteiger partial charge in [0.2, 0.25) is 10.0 Å². The Bertz CT molecular complexity index is 1200. The molecule has 0 bridgehead atoms. The molecule has 9 nitrogen and oxygen atoms in total. The maximum atomic E-state index is 12.7. The fourth-order valence-electron chi connectivity index (χ4n) is 2.93. The number of benzene rings is 1. The number of rotatable bonds is 7. The van der Waals surface area contributed by atoms with E-state index in [0.717, 1.165) is 17.0 Å². The summed E-state index contributed by atoms with van der Waals surface area (Å²) in [6, 6.07) is 9.78. The topological polar surface area (TPSA) is 108 Å². The van der Waals surface area contributed by atoms with Gasteiger partial charge < -0.3 is 4.74 Å². The van der Waals surface area contributed by atoms with Gasteiger partial charge in [-0.05, 0) is 50.6 Å². The van der Waals surface area contributed by atoms with E-state index < -0.39 is 10.0 Å². The summed E-state index contributed by atoms with van der Waals surface area (Å²) in [6.07, 6.45) is 0. The zero-order chi connectivity index (χ0) is 21.2. The van der Waals surface area contributed by atoms with E-state index in [1.54, 1.807) is 29.8 Å². The van der Waals surface area contributed by atoms with Gasteiger partial charge >= 0.3 is 0 Å². The first-order chi connectivity index (χ1) is 13.7. The Hall–Kier alpha value is -2.98. The second kappa shape index (κ2) is 8.18. The van der Waals surface area contributed by atoms with E-state index in [1.807, 2.05) is 19.9 Å². The summed E-state index contributed by atoms with van der Waals surface area (Å²) in [5.74, 6) is 0.739. The summed E-state index contributed by atoms with van der Waals surface area (Å²) in [4.78, 5) is 12.2. The van der Waals surface area contributed by atoms with Gasteiger partial charge in [0.1, 0.15) is 10.6 Å². The van der Waals surface area contributed by atoms with Gasteiger partial charge in [-0.15, -0.1) is 5.10 Å². The van der Waals surface area contributed by atoms with Crippen molar-refractivity contribution >= 4 is 10.0 Å². The largest absolute Gasteiger partial charge is 0.495 e. The summed E-state index contributed by atoms with van der Waals surface area (Å²) < 4.78 is 35.8. The lowest BCUT2D eigenvalue weighted by Gasteiger charge is -2.12. The van der Waals surface area contributed by atoms with Crippen LogP contribution in [0, 0.1) is 20.8 Å². The zero-order valence-corrected chi connectivity index (χ0v) is 17.5. The maximum absolute atomic E-state index is 12.7. The highest BCUT2D eigenvalue weighted by atomic mass is 32.2. The molecule has 0 saturated carbocycles. The maximum Gasteiger partial charge on any atom is 0.266 e. The van der Waals surface area contributed by atoms with Crippen molar-refractivity contribution in [3.8, 4) is 11.6 Å². The van der Waals surface area contributed by atoms with E-state index in [0.29, 0.717) is 5.82 Å². The van der Waals surface area contributed by atoms with E-state index in [-0.39, 0.29) is 29.3 Å². The average molecular weight is 417 g/mol. The molecule has 0 saturated heterocycles. The molecule has 0 fully saturated rings. The van der Waals surface area contributed by atoms with Crippen LogP contribution in [0.4, 0.5) is 0 Å². The molecule has 0 aliphatic rings. The van der Waals surface area contributed by atoms with Gasteiger partial charge in [0.05, 0.1) is 19.3 Å². The lowest BCUT2D eigenvalue weighted by molar-refractivity contribution is 0.402. The number of aryl methyl sites for hydroxylation is 3. The molecule has 1 N–H and O–H groups in total. The number of hydrogen-bond acceptors (Lipinski definition) is 6. The van der Waals surface area contributed by atoms with Gasteiger partial charge in [-0.1, -0.05) is 6.07 Å². The number of nitrogens with one attached hydrogen (secondary N) is 1. The minimum Gasteiger partial charge on any atom is -0.495 e. The molecule has 3 aromatic rings. The van der Waals surface area contributed by atoms with Crippen LogP contribution in [-0.4, -0.2) is 41.6 Å². The minimum absolute atomic E-state index is 0.00704. The fraction of sp³-hybridized carbons (Fsp3) is 0.316. The van der Waals surface area contributed by atoms with Crippen LogP contribution in [0.1, 0.15) is 17.0 Å². The molecule has 2 aromatic heterocycles. The van der Waals surface area contributed by atoms with Gasteiger partial charge in [-0.25, -0.2) is 22.5 Å². The Kier molecular flexibility index (Phi) is 5.85. The van der Waals surface area contributed by atoms with E-state index >= 15 is 0 Å². The fourth-order valence-corrected chi connectivity index (χ4v) is 4.20. The van der Waals surface area contributed by atoms with Crippen LogP contribution >= 0.6 is 0 Å². The van der Waals surface area contributed by atoms with Gasteiger partial charge in [0, 0.05) is 18.3 Å². The van der Waals surface area contributed by atoms with Crippen LogP contribution in [0.15, 0.2) is 46.1 Å². The number of aromatic nitrogens is 4. The summed E-state index contributed by atoms with van der Waals surface area (Å²) in [5.41, 5.74) is 2.18. The van der Waals surface area contributed by atoms with E-state index in [1.165, 1.54) is 23.9 Å². The van der Waals surface area contributed by atoms with Crippen molar-refractivity contribution in [3.05, 3.63) is 63.7 Å². The van der Waals surface area contributed by atoms with Crippen LogP contribution in [0.25, 0.3) is 5.82 Å². The summed E-state index contributed by atoms with van der Waals surface area (Å²) in [5, 5.41) is 8.65. The molecule has 1 aromatic carbocycles. The highest BCUT2D eigenvalue weighted by Crippen LogP contribution is 2.24. The minimum atomic E-state index is -3.81. The molecule has 154 valence electrons. The third-order valence-corrected chi connectivity index (χ3v) is 5.79. The Morgan fingerprint density at radius 3 is 2.48 bits per heavy atom. The molecular formula is C19H23N5O4S. The van der Waals surface area contributed by atoms with Crippen molar-refractivity contribution in [3.63, 3.8) is 0 Å². The number of ether oxygens (including phenoxy) is 1. The lowest BCUT2D eigenvalue weighted by atomic mass is 10.2. The molecule has 0 aliphatic carbocycles. The van der Waals surface area contributed by atoms with Gasteiger partial charge in [-0.2, -0.15) is 5.10 Å². The lowest BCUT2D eigenvalue weighted by Crippen LogP contribution is -2.32. The predicted molar refractivity (Wildman–Crippen MR) is 108 cm³/mol. The molecule has 0 radical (unpaired) electrons. The average Bonchev–Trinajstić information content (AvgIpc) is 3.01. The van der Waals surface area contributed by atoms with Crippen molar-refractivity contribution in [1.29, 1.82) is 0 Å². The molecule has 3 rings (SSSR count). The van der Waals surface area contributed by atoms with Crippen molar-refractivity contribution in [2.24, 2.45) is 0 Å². The predicted octanol–water partition coefficient (Wildman–Crippen LogP) is 1.34. The molecule has 0 atom stereocenters. The van der Waals surface area contributed by atoms with Gasteiger partial charge in [0.25, 0.3) is 5.56 Å². The second-order valence-corrected chi connectivity index (χ2v) is 8.38. The first-order valence-electron chi connectivity index (χ1n) is 8.97. The van der Waals surface area contributed by atoms with Crippen LogP contribution in [-0.2, 0) is 16.6 Å². The van der Waals surface area contributed by atoms with Crippen LogP contribution < -0.4 is 15.0 Å². The summed E-state index contributed by atoms with van der Waals surface area (Å²) in [6.45, 7) is 5.62. The second-order valence-electron chi connectivity index (χ2n) is 6.64. The van der Waals surface area contributed by atoms with E-state index in [4.69, 9.17) is 4.74 Å². The van der Waals surface area contributed by atoms with Crippen molar-refractivity contribution < 1.29 is 13.2 Å². The monoisotopic (exact) mass is 417 g/mol. The van der Waals surface area contributed by atoms with E-state index in [9.17, 15) is 13.2 Å². The Labute approximate surface area is 169 Å². The van der Waals surface area contributed by atoms with Gasteiger partial charge in [0.15, 0.2) is 5.82 Å². The molecule has 10 heteroatoms. The molecule has 0 amide bonds. The third kappa shape index (κ3) is 4.54. The first-order valence-corrected chi connectivity index (χ1v) is 10.5. The van der Waals surface area contributed by atoms with Crippen molar-refractivity contribution in [2.45, 2.75) is 32.2 Å². The molecule has 0 aliphatic heterocycles. The Balaban J connectivity index is 1.78. The van der Waals surface area contributed by atoms with Crippen LogP contribution in [0.2, 0.25) is 0 Å². The number of methoxy groups -OCH3 is 1. The van der Waals surface area contributed by atoms with Crippen LogP contribution in [0.3, 0.4) is 0 Å². The summed E-state index contributed by atoms with van der Waals surface area (Å²) in [7, 11) is -2.40. The first kappa shape index (κ1) is 20.7.